The molecule has 6 heteroatoms. The summed E-state index contributed by atoms with van der Waals surface area (Å²) in [5.41, 5.74) is 2.31. The molecule has 0 aromatic carbocycles. The van der Waals surface area contributed by atoms with E-state index in [4.69, 9.17) is 21.3 Å². The lowest BCUT2D eigenvalue weighted by Gasteiger charge is -2.60. The van der Waals surface area contributed by atoms with E-state index in [2.05, 4.69) is 20.8 Å². The summed E-state index contributed by atoms with van der Waals surface area (Å²) in [5, 5.41) is 3.15. The average molecular weight is 491 g/mol. The summed E-state index contributed by atoms with van der Waals surface area (Å²) in [4.78, 5) is 27.2. The molecule has 0 unspecified atom stereocenters. The summed E-state index contributed by atoms with van der Waals surface area (Å²) >= 11 is 6.71. The van der Waals surface area contributed by atoms with Crippen LogP contribution in [0.3, 0.4) is 0 Å². The fourth-order valence-corrected chi connectivity index (χ4v) is 13.0. The van der Waals surface area contributed by atoms with E-state index in [0.717, 1.165) is 51.4 Å². The quantitative estimate of drug-likeness (QED) is 0.299. The van der Waals surface area contributed by atoms with Crippen molar-refractivity contribution in [3.8, 4) is 0 Å². The van der Waals surface area contributed by atoms with Crippen molar-refractivity contribution in [2.24, 2.45) is 10.8 Å². The van der Waals surface area contributed by atoms with Crippen LogP contribution in [-0.4, -0.2) is 26.2 Å². The molecule has 0 N–H and O–H groups in total. The molecule has 0 atom stereocenters. The molecule has 2 aliphatic carbocycles. The molecule has 0 amide bonds. The molecule has 0 aromatic rings. The summed E-state index contributed by atoms with van der Waals surface area (Å²) in [6.45, 7) is 6.70. The molecule has 33 heavy (non-hydrogen) atoms. The van der Waals surface area contributed by atoms with Gasteiger partial charge in [0.05, 0.1) is 30.5 Å². The lowest BCUT2D eigenvalue weighted by atomic mass is 9.52. The summed E-state index contributed by atoms with van der Waals surface area (Å²) in [6.07, 6.45) is 13.0. The summed E-state index contributed by atoms with van der Waals surface area (Å²) in [6, 6.07) is -2.61. The molecule has 0 radical (unpaired) electrons. The average Bonchev–Trinajstić information content (AvgIpc) is 2.71. The van der Waals surface area contributed by atoms with E-state index in [9.17, 15) is 9.59 Å². The van der Waals surface area contributed by atoms with Gasteiger partial charge in [0.1, 0.15) is 0 Å². The smallest absolute Gasteiger partial charge is 0.340 e. The molecule has 0 fully saturated rings. The van der Waals surface area contributed by atoms with Gasteiger partial charge in [0.15, 0.2) is 0 Å². The number of ether oxygens (including phenoxy) is 2. The maximum absolute atomic E-state index is 13.7. The fourth-order valence-electron chi connectivity index (χ4n) is 7.20. The second-order valence-corrected chi connectivity index (χ2v) is 15.4. The van der Waals surface area contributed by atoms with Crippen molar-refractivity contribution < 1.29 is 19.1 Å². The van der Waals surface area contributed by atoms with Crippen LogP contribution >= 0.6 is 6.04 Å². The van der Waals surface area contributed by atoms with Crippen LogP contribution in [0.25, 0.3) is 0 Å². The number of carbonyl (C=O) groups excluding carboxylic acids is 2. The zero-order chi connectivity index (χ0) is 24.0. The van der Waals surface area contributed by atoms with E-state index < -0.39 is 23.4 Å². The Morgan fingerprint density at radius 3 is 1.58 bits per heavy atom. The predicted molar refractivity (Wildman–Crippen MR) is 137 cm³/mol. The molecule has 0 saturated heterocycles. The van der Waals surface area contributed by atoms with Crippen LogP contribution < -0.4 is 0 Å². The molecule has 3 aliphatic heterocycles. The second-order valence-electron chi connectivity index (χ2n) is 11.0. The Bertz CT molecular complexity index is 966. The standard InChI is InChI=1S/C27H39O4PS/c1-26(2,3)27-18-14-10-6-8-12-16-20(18)32(33,21-17-13-9-7-11-15-19(21)27)23(25(29)31-5)22(27)24(28)30-4/h6-17H2,1-5H3. The molecule has 2 bridgehead atoms. The molecule has 3 heterocycles. The van der Waals surface area contributed by atoms with Crippen LogP contribution in [-0.2, 0) is 30.9 Å². The molecule has 0 aromatic heterocycles. The Morgan fingerprint density at radius 1 is 0.758 bits per heavy atom. The first kappa shape index (κ1) is 24.9. The van der Waals surface area contributed by atoms with E-state index in [-0.39, 0.29) is 5.41 Å². The molecule has 4 nitrogen and oxygen atoms in total. The first-order valence-corrected chi connectivity index (χ1v) is 15.5. The van der Waals surface area contributed by atoms with Crippen LogP contribution in [0, 0.1) is 10.8 Å². The van der Waals surface area contributed by atoms with E-state index in [1.165, 1.54) is 61.7 Å². The van der Waals surface area contributed by atoms with Gasteiger partial charge in [-0.3, -0.25) is 0 Å². The monoisotopic (exact) mass is 490 g/mol. The van der Waals surface area contributed by atoms with E-state index >= 15 is 0 Å². The Hall–Kier alpha value is -1.19. The number of carbonyl (C=O) groups is 2. The van der Waals surface area contributed by atoms with Crippen LogP contribution in [0.5, 0.6) is 0 Å². The maximum atomic E-state index is 13.7. The third-order valence-electron chi connectivity index (χ3n) is 8.36. The largest absolute Gasteiger partial charge is 0.466 e. The van der Waals surface area contributed by atoms with Gasteiger partial charge in [0, 0.05) is 6.04 Å². The van der Waals surface area contributed by atoms with Gasteiger partial charge >= 0.3 is 11.9 Å². The Labute approximate surface area is 204 Å². The van der Waals surface area contributed by atoms with E-state index in [1.807, 2.05) is 0 Å². The first-order valence-electron chi connectivity index (χ1n) is 12.7. The number of allylic oxidation sites excluding steroid dienone is 4. The number of hydrogen-bond acceptors (Lipinski definition) is 5. The highest BCUT2D eigenvalue weighted by Crippen LogP contribution is 2.84. The molecular formula is C27H39O4PS. The molecule has 0 spiro atoms. The Morgan fingerprint density at radius 2 is 1.18 bits per heavy atom. The van der Waals surface area contributed by atoms with Crippen LogP contribution in [0.2, 0.25) is 0 Å². The summed E-state index contributed by atoms with van der Waals surface area (Å²) in [5.74, 6) is -0.823. The summed E-state index contributed by atoms with van der Waals surface area (Å²) in [7, 11) is 2.85. The zero-order valence-corrected chi connectivity index (χ0v) is 22.7. The van der Waals surface area contributed by atoms with Gasteiger partial charge in [0.25, 0.3) is 0 Å². The van der Waals surface area contributed by atoms with Gasteiger partial charge in [-0.1, -0.05) is 58.3 Å². The van der Waals surface area contributed by atoms with Gasteiger partial charge < -0.3 is 9.47 Å². The van der Waals surface area contributed by atoms with Gasteiger partial charge in [-0.15, -0.1) is 0 Å². The number of esters is 2. The van der Waals surface area contributed by atoms with Crippen molar-refractivity contribution in [2.75, 3.05) is 14.2 Å². The Kier molecular flexibility index (Phi) is 6.88. The van der Waals surface area contributed by atoms with Gasteiger partial charge in [-0.05, 0) is 78.6 Å². The van der Waals surface area contributed by atoms with Crippen molar-refractivity contribution in [3.63, 3.8) is 0 Å². The topological polar surface area (TPSA) is 52.6 Å². The highest BCUT2D eigenvalue weighted by atomic mass is 32.4. The van der Waals surface area contributed by atoms with Gasteiger partial charge in [-0.25, -0.2) is 9.59 Å². The van der Waals surface area contributed by atoms with E-state index in [0.29, 0.717) is 10.9 Å². The Balaban J connectivity index is 2.20. The van der Waals surface area contributed by atoms with Crippen molar-refractivity contribution in [3.05, 3.63) is 32.7 Å². The minimum atomic E-state index is -2.61. The molecule has 0 saturated carbocycles. The number of hydrogen-bond donors (Lipinski definition) is 0. The molecule has 182 valence electrons. The highest BCUT2D eigenvalue weighted by Gasteiger charge is 2.65. The minimum Gasteiger partial charge on any atom is -0.466 e. The maximum Gasteiger partial charge on any atom is 0.340 e. The molecular weight excluding hydrogens is 451 g/mol. The fraction of sp³-hybridized carbons (Fsp3) is 0.704. The van der Waals surface area contributed by atoms with Crippen molar-refractivity contribution >= 4 is 29.8 Å². The zero-order valence-electron chi connectivity index (χ0n) is 21.0. The lowest BCUT2D eigenvalue weighted by molar-refractivity contribution is -0.140. The predicted octanol–water partition coefficient (Wildman–Crippen LogP) is 7.34. The second kappa shape index (κ2) is 9.11. The van der Waals surface area contributed by atoms with Gasteiger partial charge in [0.2, 0.25) is 0 Å². The van der Waals surface area contributed by atoms with Crippen molar-refractivity contribution in [1.29, 1.82) is 0 Å². The van der Waals surface area contributed by atoms with Crippen LogP contribution in [0.1, 0.15) is 97.8 Å². The highest BCUT2D eigenvalue weighted by molar-refractivity contribution is 8.21. The SMILES string of the molecule is COC(=O)C1=C(C(=O)OC)P2(=S)C3=C(CCCCCC3)C1(C(C)(C)C)C1=C2CCCCCC1. The molecule has 5 aliphatic rings. The lowest BCUT2D eigenvalue weighted by Crippen LogP contribution is -2.50. The molecule has 5 rings (SSSR count). The number of rotatable bonds is 2. The van der Waals surface area contributed by atoms with Crippen LogP contribution in [0.4, 0.5) is 0 Å². The summed E-state index contributed by atoms with van der Waals surface area (Å²) < 4.78 is 10.8. The normalized spacial score (nSPS) is 30.6. The van der Waals surface area contributed by atoms with Crippen molar-refractivity contribution in [2.45, 2.75) is 97.8 Å². The van der Waals surface area contributed by atoms with Gasteiger partial charge in [-0.2, -0.15) is 0 Å². The third-order valence-corrected chi connectivity index (χ3v) is 13.8. The minimum absolute atomic E-state index is 0.309. The number of methoxy groups -OCH3 is 2. The first-order chi connectivity index (χ1) is 15.7. The van der Waals surface area contributed by atoms with Crippen LogP contribution in [0.15, 0.2) is 32.7 Å². The van der Waals surface area contributed by atoms with Crippen molar-refractivity contribution in [1.82, 2.24) is 0 Å². The van der Waals surface area contributed by atoms with E-state index in [1.54, 1.807) is 0 Å². The third kappa shape index (κ3) is 3.47.